The minimum absolute atomic E-state index is 0.0222. The van der Waals surface area contributed by atoms with Gasteiger partial charge in [-0.05, 0) is 44.6 Å². The number of nitrogens with zero attached hydrogens (tertiary/aromatic N) is 3. The van der Waals surface area contributed by atoms with E-state index in [2.05, 4.69) is 66.7 Å². The van der Waals surface area contributed by atoms with Crippen molar-refractivity contribution in [3.05, 3.63) is 60.2 Å². The fraction of sp³-hybridized carbons (Fsp3) is 0.618. The summed E-state index contributed by atoms with van der Waals surface area (Å²) < 4.78 is -1.59. The molecular weight excluding hydrogens is 546 g/mol. The van der Waals surface area contributed by atoms with Crippen molar-refractivity contribution in [1.29, 1.82) is 0 Å². The second-order valence-corrected chi connectivity index (χ2v) is 16.2. The lowest BCUT2D eigenvalue weighted by atomic mass is 9.74. The Labute approximate surface area is 255 Å². The van der Waals surface area contributed by atoms with Gasteiger partial charge in [0.2, 0.25) is 17.7 Å². The number of hydrogen-bond donors (Lipinski definition) is 1. The first kappa shape index (κ1) is 30.9. The molecule has 0 aliphatic carbocycles. The molecule has 5 rings (SSSR count). The van der Waals surface area contributed by atoms with Gasteiger partial charge in [-0.25, -0.2) is 0 Å². The summed E-state index contributed by atoms with van der Waals surface area (Å²) in [5.74, 6) is -1.71. The van der Waals surface area contributed by atoms with Crippen LogP contribution in [0.5, 0.6) is 0 Å². The molecule has 1 unspecified atom stereocenters. The SMILES string of the molecule is CCCN1CC=C[C@]2(C)S[C@]34C=CCN(C(C)(C)CC(C)(C)C)C(=O)C3N([C@H](CO)c3ccccc3)C(=O)[C@@H]4[C@@H]2C1=O. The molecule has 3 amide bonds. The largest absolute Gasteiger partial charge is 0.394 e. The number of rotatable bonds is 7. The average Bonchev–Trinajstić information content (AvgIpc) is 3.17. The highest BCUT2D eigenvalue weighted by Crippen LogP contribution is 2.66. The van der Waals surface area contributed by atoms with Crippen LogP contribution in [0.25, 0.3) is 0 Å². The zero-order chi connectivity index (χ0) is 30.7. The third kappa shape index (κ3) is 4.92. The van der Waals surface area contributed by atoms with E-state index in [0.717, 1.165) is 18.4 Å². The van der Waals surface area contributed by atoms with E-state index < -0.39 is 39.0 Å². The van der Waals surface area contributed by atoms with E-state index in [1.165, 1.54) is 0 Å². The molecule has 0 aromatic heterocycles. The van der Waals surface area contributed by atoms with Crippen LogP contribution in [0.2, 0.25) is 0 Å². The number of amides is 3. The number of aliphatic hydroxyl groups excluding tert-OH is 1. The van der Waals surface area contributed by atoms with Crippen molar-refractivity contribution in [3.63, 3.8) is 0 Å². The number of hydrogen-bond acceptors (Lipinski definition) is 5. The minimum Gasteiger partial charge on any atom is -0.394 e. The number of carbonyl (C=O) groups excluding carboxylic acids is 3. The summed E-state index contributed by atoms with van der Waals surface area (Å²) in [7, 11) is 0. The zero-order valence-electron chi connectivity index (χ0n) is 26.2. The number of likely N-dealkylation sites (tertiary alicyclic amines) is 1. The van der Waals surface area contributed by atoms with Gasteiger partial charge in [-0.15, -0.1) is 11.8 Å². The van der Waals surface area contributed by atoms with Gasteiger partial charge >= 0.3 is 0 Å². The summed E-state index contributed by atoms with van der Waals surface area (Å²) >= 11 is 1.60. The van der Waals surface area contributed by atoms with Crippen LogP contribution in [0.1, 0.15) is 72.9 Å². The third-order valence-corrected chi connectivity index (χ3v) is 11.3. The maximum Gasteiger partial charge on any atom is 0.247 e. The highest BCUT2D eigenvalue weighted by Gasteiger charge is 2.74. The summed E-state index contributed by atoms with van der Waals surface area (Å²) in [5.41, 5.74) is 0.272. The van der Waals surface area contributed by atoms with Crippen LogP contribution in [-0.4, -0.2) is 84.8 Å². The lowest BCUT2D eigenvalue weighted by Gasteiger charge is -2.45. The van der Waals surface area contributed by atoms with Crippen molar-refractivity contribution < 1.29 is 19.5 Å². The van der Waals surface area contributed by atoms with Gasteiger partial charge in [-0.3, -0.25) is 14.4 Å². The molecule has 2 fully saturated rings. The van der Waals surface area contributed by atoms with Crippen LogP contribution >= 0.6 is 11.8 Å². The van der Waals surface area contributed by atoms with Gasteiger partial charge in [-0.1, -0.05) is 82.3 Å². The molecule has 6 atom stereocenters. The molecule has 8 heteroatoms. The lowest BCUT2D eigenvalue weighted by molar-refractivity contribution is -0.149. The predicted molar refractivity (Wildman–Crippen MR) is 168 cm³/mol. The maximum absolute atomic E-state index is 15.0. The molecule has 1 N–H and O–H groups in total. The van der Waals surface area contributed by atoms with Gasteiger partial charge in [-0.2, -0.15) is 0 Å². The maximum atomic E-state index is 15.0. The van der Waals surface area contributed by atoms with Crippen LogP contribution in [0.15, 0.2) is 54.6 Å². The number of carbonyl (C=O) groups is 3. The second-order valence-electron chi connectivity index (χ2n) is 14.4. The quantitative estimate of drug-likeness (QED) is 0.458. The van der Waals surface area contributed by atoms with E-state index in [9.17, 15) is 14.7 Å². The Balaban J connectivity index is 1.69. The minimum atomic E-state index is -0.947. The Morgan fingerprint density at radius 3 is 2.24 bits per heavy atom. The normalized spacial score (nSPS) is 32.0. The van der Waals surface area contributed by atoms with Crippen molar-refractivity contribution in [3.8, 4) is 0 Å². The van der Waals surface area contributed by atoms with Crippen molar-refractivity contribution in [2.75, 3.05) is 26.2 Å². The van der Waals surface area contributed by atoms with E-state index in [4.69, 9.17) is 0 Å². The first-order valence-corrected chi connectivity index (χ1v) is 16.2. The fourth-order valence-electron chi connectivity index (χ4n) is 8.29. The molecular formula is C34H47N3O4S. The van der Waals surface area contributed by atoms with Crippen LogP contribution in [0.4, 0.5) is 0 Å². The molecule has 4 aliphatic heterocycles. The number of benzene rings is 1. The third-order valence-electron chi connectivity index (χ3n) is 9.46. The molecule has 228 valence electrons. The molecule has 4 aliphatic rings. The topological polar surface area (TPSA) is 81.2 Å². The van der Waals surface area contributed by atoms with E-state index >= 15 is 4.79 Å². The van der Waals surface area contributed by atoms with E-state index in [-0.39, 0.29) is 29.7 Å². The molecule has 42 heavy (non-hydrogen) atoms. The second kappa shape index (κ2) is 10.8. The number of thioether (sulfide) groups is 1. The molecule has 0 saturated carbocycles. The van der Waals surface area contributed by atoms with Crippen LogP contribution in [0, 0.1) is 17.3 Å². The van der Waals surface area contributed by atoms with Gasteiger partial charge in [0.25, 0.3) is 0 Å². The molecule has 1 aromatic carbocycles. The Morgan fingerprint density at radius 1 is 0.952 bits per heavy atom. The standard InChI is InChI=1S/C34H47N3O4S/c1-8-18-35-19-12-16-33(7)25(28(35)39)26-29(40)37(24(21-38)23-14-10-9-11-15-23)27-30(41)36(20-13-17-34(26,27)42-33)32(5,6)22-31(2,3)4/h9-17,24-27,38H,8,18-22H2,1-7H3/t24-,25-,26+,27?,33+,34+/m1/s1. The summed E-state index contributed by atoms with van der Waals surface area (Å²) in [6.45, 7) is 16.1. The van der Waals surface area contributed by atoms with Crippen LogP contribution < -0.4 is 0 Å². The van der Waals surface area contributed by atoms with E-state index in [0.29, 0.717) is 19.6 Å². The predicted octanol–water partition coefficient (Wildman–Crippen LogP) is 4.83. The molecule has 0 bridgehead atoms. The highest BCUT2D eigenvalue weighted by molar-refractivity contribution is 8.02. The van der Waals surface area contributed by atoms with Gasteiger partial charge < -0.3 is 19.8 Å². The number of fused-ring (bicyclic) bond motifs is 2. The molecule has 7 nitrogen and oxygen atoms in total. The molecule has 1 aromatic rings. The monoisotopic (exact) mass is 593 g/mol. The fourth-order valence-corrected chi connectivity index (χ4v) is 10.4. The molecule has 2 saturated heterocycles. The summed E-state index contributed by atoms with van der Waals surface area (Å²) in [4.78, 5) is 49.6. The lowest BCUT2D eigenvalue weighted by Crippen LogP contribution is -2.59. The van der Waals surface area contributed by atoms with E-state index in [1.807, 2.05) is 46.2 Å². The Morgan fingerprint density at radius 2 is 1.62 bits per heavy atom. The van der Waals surface area contributed by atoms with Crippen molar-refractivity contribution in [1.82, 2.24) is 14.7 Å². The first-order valence-electron chi connectivity index (χ1n) is 15.3. The summed E-state index contributed by atoms with van der Waals surface area (Å²) in [6, 6.07) is 7.90. The number of aliphatic hydroxyl groups is 1. The van der Waals surface area contributed by atoms with E-state index in [1.54, 1.807) is 16.7 Å². The van der Waals surface area contributed by atoms with Crippen LogP contribution in [0.3, 0.4) is 0 Å². The van der Waals surface area contributed by atoms with Crippen molar-refractivity contribution in [2.24, 2.45) is 17.3 Å². The Kier molecular flexibility index (Phi) is 7.97. The van der Waals surface area contributed by atoms with Crippen molar-refractivity contribution >= 4 is 29.5 Å². The molecule has 1 spiro atoms. The zero-order valence-corrected chi connectivity index (χ0v) is 27.0. The van der Waals surface area contributed by atoms with Crippen LogP contribution in [-0.2, 0) is 14.4 Å². The van der Waals surface area contributed by atoms with Gasteiger partial charge in [0.15, 0.2) is 0 Å². The average molecular weight is 594 g/mol. The molecule has 0 radical (unpaired) electrons. The van der Waals surface area contributed by atoms with Gasteiger partial charge in [0, 0.05) is 29.9 Å². The Hall–Kier alpha value is -2.58. The summed E-state index contributed by atoms with van der Waals surface area (Å²) in [5, 5.41) is 10.8. The van der Waals surface area contributed by atoms with Gasteiger partial charge in [0.05, 0.1) is 29.2 Å². The molecule has 4 heterocycles. The highest BCUT2D eigenvalue weighted by atomic mass is 32.2. The first-order chi connectivity index (χ1) is 19.7. The Bertz CT molecular complexity index is 1290. The smallest absolute Gasteiger partial charge is 0.247 e. The van der Waals surface area contributed by atoms with Gasteiger partial charge in [0.1, 0.15) is 6.04 Å². The summed E-state index contributed by atoms with van der Waals surface area (Å²) in [6.07, 6.45) is 9.87. The van der Waals surface area contributed by atoms with Crippen molar-refractivity contribution in [2.45, 2.75) is 88.4 Å².